The van der Waals surface area contributed by atoms with Gasteiger partial charge in [-0.1, -0.05) is 18.2 Å². The van der Waals surface area contributed by atoms with E-state index in [1.807, 2.05) is 48.9 Å². The first kappa shape index (κ1) is 25.1. The van der Waals surface area contributed by atoms with Gasteiger partial charge in [0.1, 0.15) is 5.75 Å². The second-order valence-corrected chi connectivity index (χ2v) is 10.6. The van der Waals surface area contributed by atoms with E-state index in [9.17, 15) is 14.4 Å². The molecule has 196 valence electrons. The van der Waals surface area contributed by atoms with E-state index in [0.717, 1.165) is 53.8 Å². The van der Waals surface area contributed by atoms with Crippen LogP contribution in [-0.2, 0) is 6.42 Å². The lowest BCUT2D eigenvalue weighted by Crippen LogP contribution is -2.43. The van der Waals surface area contributed by atoms with Gasteiger partial charge in [-0.25, -0.2) is 4.79 Å². The molecule has 5 rings (SSSR count). The zero-order valence-electron chi connectivity index (χ0n) is 22.3. The fraction of sp³-hybridized carbons (Fsp3) is 0.483. The van der Waals surface area contributed by atoms with Crippen molar-refractivity contribution >= 4 is 22.7 Å². The molecule has 8 heteroatoms. The molecule has 2 aliphatic heterocycles. The van der Waals surface area contributed by atoms with Gasteiger partial charge in [0, 0.05) is 60.5 Å². The minimum atomic E-state index is -0.209. The number of hydrogen-bond donors (Lipinski definition) is 1. The molecule has 0 bridgehead atoms. The number of methoxy groups -OCH3 is 1. The predicted octanol–water partition coefficient (Wildman–Crippen LogP) is 4.48. The number of aryl methyl sites for hydroxylation is 1. The third kappa shape index (κ3) is 4.32. The number of ketones is 1. The van der Waals surface area contributed by atoms with Crippen LogP contribution < -0.4 is 10.3 Å². The number of carbonyl (C=O) groups excluding carboxylic acids is 2. The number of aromatic nitrogens is 2. The molecule has 1 N–H and O–H groups in total. The third-order valence-corrected chi connectivity index (χ3v) is 8.39. The summed E-state index contributed by atoms with van der Waals surface area (Å²) in [6.07, 6.45) is 2.44. The monoisotopic (exact) mass is 504 g/mol. The molecule has 8 nitrogen and oxygen atoms in total. The van der Waals surface area contributed by atoms with Gasteiger partial charge in [0.2, 0.25) is 0 Å². The summed E-state index contributed by atoms with van der Waals surface area (Å²) in [4.78, 5) is 45.3. The Labute approximate surface area is 217 Å². The lowest BCUT2D eigenvalue weighted by molar-refractivity contribution is 0.0982. The largest absolute Gasteiger partial charge is 0.496 e. The van der Waals surface area contributed by atoms with Crippen LogP contribution in [-0.4, -0.2) is 64.5 Å². The zero-order valence-corrected chi connectivity index (χ0v) is 22.3. The number of piperidine rings is 1. The summed E-state index contributed by atoms with van der Waals surface area (Å²) in [7, 11) is 3.42. The molecule has 2 fully saturated rings. The van der Waals surface area contributed by atoms with Crippen LogP contribution in [0.1, 0.15) is 59.5 Å². The molecule has 2 unspecified atom stereocenters. The summed E-state index contributed by atoms with van der Waals surface area (Å²) in [6, 6.07) is 10.5. The summed E-state index contributed by atoms with van der Waals surface area (Å²) >= 11 is 0. The van der Waals surface area contributed by atoms with Gasteiger partial charge in [-0.15, -0.1) is 0 Å². The number of aromatic amines is 1. The standard InChI is InChI=1S/C29H36N4O4/c1-17-14-26(37-5)23(28(35)30-17)10-11-25(34)27-19(3)33(24-9-7-6-8-22(24)27)18(2)20-12-13-32-21(15-20)16-31(4)29(32)36/h6-9,14,18,20-21H,10-13,15-16H2,1-5H3,(H,30,35)/t18-,20?,21?/m1/s1. The summed E-state index contributed by atoms with van der Waals surface area (Å²) in [5.41, 5.74) is 3.77. The van der Waals surface area contributed by atoms with Crippen LogP contribution in [0, 0.1) is 19.8 Å². The number of Topliss-reactive ketones (excluding diaryl/α,β-unsaturated/α-hetero) is 1. The number of likely N-dealkylation sites (N-methyl/N-ethyl adjacent to an activating group) is 1. The number of para-hydroxylation sites is 1. The topological polar surface area (TPSA) is 87.6 Å². The number of hydrogen-bond acceptors (Lipinski definition) is 4. The van der Waals surface area contributed by atoms with Crippen molar-refractivity contribution in [1.29, 1.82) is 0 Å². The molecule has 2 amide bonds. The average Bonchev–Trinajstić information content (AvgIpc) is 3.33. The Hall–Kier alpha value is -3.55. The number of fused-ring (bicyclic) bond motifs is 2. The highest BCUT2D eigenvalue weighted by molar-refractivity contribution is 6.09. The number of amides is 2. The number of ether oxygens (including phenoxy) is 1. The fourth-order valence-electron chi connectivity index (χ4n) is 6.51. The van der Waals surface area contributed by atoms with E-state index in [4.69, 9.17) is 4.74 Å². The number of nitrogens with zero attached hydrogens (tertiary/aromatic N) is 3. The second-order valence-electron chi connectivity index (χ2n) is 10.6. The van der Waals surface area contributed by atoms with Crippen molar-refractivity contribution in [3.63, 3.8) is 0 Å². The highest BCUT2D eigenvalue weighted by Crippen LogP contribution is 2.39. The third-order valence-electron chi connectivity index (χ3n) is 8.39. The van der Waals surface area contributed by atoms with Crippen LogP contribution in [0.2, 0.25) is 0 Å². The number of urea groups is 1. The number of pyridine rings is 1. The first-order valence-corrected chi connectivity index (χ1v) is 13.1. The van der Waals surface area contributed by atoms with Crippen molar-refractivity contribution < 1.29 is 14.3 Å². The molecule has 1 aromatic carbocycles. The van der Waals surface area contributed by atoms with E-state index in [2.05, 4.69) is 22.5 Å². The molecule has 2 aliphatic rings. The first-order valence-electron chi connectivity index (χ1n) is 13.1. The molecule has 0 saturated carbocycles. The molecule has 0 aliphatic carbocycles. The normalized spacial score (nSPS) is 20.4. The predicted molar refractivity (Wildman–Crippen MR) is 144 cm³/mol. The Balaban J connectivity index is 1.43. The summed E-state index contributed by atoms with van der Waals surface area (Å²) in [6.45, 7) is 7.64. The molecule has 3 aromatic rings. The van der Waals surface area contributed by atoms with Crippen LogP contribution in [0.25, 0.3) is 10.9 Å². The highest BCUT2D eigenvalue weighted by Gasteiger charge is 2.41. The van der Waals surface area contributed by atoms with E-state index in [1.54, 1.807) is 13.2 Å². The van der Waals surface area contributed by atoms with Gasteiger partial charge in [-0.05, 0) is 58.1 Å². The van der Waals surface area contributed by atoms with Crippen LogP contribution >= 0.6 is 0 Å². The number of carbonyl (C=O) groups is 2. The van der Waals surface area contributed by atoms with Crippen LogP contribution in [0.3, 0.4) is 0 Å². The van der Waals surface area contributed by atoms with E-state index < -0.39 is 0 Å². The Morgan fingerprint density at radius 3 is 2.73 bits per heavy atom. The van der Waals surface area contributed by atoms with Crippen molar-refractivity contribution in [3.8, 4) is 5.75 Å². The Morgan fingerprint density at radius 1 is 1.22 bits per heavy atom. The van der Waals surface area contributed by atoms with Crippen LogP contribution in [0.15, 0.2) is 35.1 Å². The molecular weight excluding hydrogens is 468 g/mol. The van der Waals surface area contributed by atoms with Gasteiger partial charge in [-0.3, -0.25) is 9.59 Å². The molecule has 4 heterocycles. The van der Waals surface area contributed by atoms with Crippen molar-refractivity contribution in [3.05, 3.63) is 63.2 Å². The number of rotatable bonds is 7. The maximum Gasteiger partial charge on any atom is 0.320 e. The molecule has 2 saturated heterocycles. The summed E-state index contributed by atoms with van der Waals surface area (Å²) < 4.78 is 7.74. The van der Waals surface area contributed by atoms with Crippen molar-refractivity contribution in [2.75, 3.05) is 27.2 Å². The van der Waals surface area contributed by atoms with Gasteiger partial charge in [0.05, 0.1) is 18.7 Å². The molecule has 2 aromatic heterocycles. The Morgan fingerprint density at radius 2 is 1.97 bits per heavy atom. The SMILES string of the molecule is COc1cc(C)[nH]c(=O)c1CCC(=O)c1c(C)n([C@H](C)C2CCN3C(=O)N(C)CC3C2)c2ccccc12. The lowest BCUT2D eigenvalue weighted by atomic mass is 9.86. The molecule has 0 radical (unpaired) electrons. The molecular formula is C29H36N4O4. The van der Waals surface area contributed by atoms with Crippen LogP contribution in [0.4, 0.5) is 4.79 Å². The molecule has 0 spiro atoms. The highest BCUT2D eigenvalue weighted by atomic mass is 16.5. The quantitative estimate of drug-likeness (QED) is 0.481. The summed E-state index contributed by atoms with van der Waals surface area (Å²) in [5.74, 6) is 0.956. The Kier molecular flexibility index (Phi) is 6.60. The number of H-pyrrole nitrogens is 1. The minimum Gasteiger partial charge on any atom is -0.496 e. The summed E-state index contributed by atoms with van der Waals surface area (Å²) in [5, 5.41) is 0.954. The minimum absolute atomic E-state index is 0.0273. The van der Waals surface area contributed by atoms with Crippen molar-refractivity contribution in [2.24, 2.45) is 5.92 Å². The molecule has 3 atom stereocenters. The maximum atomic E-state index is 13.6. The van der Waals surface area contributed by atoms with E-state index in [1.165, 1.54) is 0 Å². The van der Waals surface area contributed by atoms with E-state index in [-0.39, 0.29) is 35.9 Å². The Bertz CT molecular complexity index is 1420. The van der Waals surface area contributed by atoms with Gasteiger partial charge in [0.25, 0.3) is 5.56 Å². The maximum absolute atomic E-state index is 13.6. The zero-order chi connectivity index (χ0) is 26.4. The van der Waals surface area contributed by atoms with Gasteiger partial charge in [-0.2, -0.15) is 0 Å². The van der Waals surface area contributed by atoms with Gasteiger partial charge >= 0.3 is 6.03 Å². The van der Waals surface area contributed by atoms with Gasteiger partial charge < -0.3 is 24.1 Å². The lowest BCUT2D eigenvalue weighted by Gasteiger charge is -2.37. The smallest absolute Gasteiger partial charge is 0.320 e. The second kappa shape index (κ2) is 9.72. The molecule has 37 heavy (non-hydrogen) atoms. The van der Waals surface area contributed by atoms with E-state index >= 15 is 0 Å². The average molecular weight is 505 g/mol. The number of nitrogens with one attached hydrogen (secondary N) is 1. The van der Waals surface area contributed by atoms with Crippen LogP contribution in [0.5, 0.6) is 5.75 Å². The number of benzene rings is 1. The van der Waals surface area contributed by atoms with Gasteiger partial charge in [0.15, 0.2) is 5.78 Å². The van der Waals surface area contributed by atoms with Crippen molar-refractivity contribution in [2.45, 2.75) is 58.5 Å². The fourth-order valence-corrected chi connectivity index (χ4v) is 6.51. The van der Waals surface area contributed by atoms with Crippen molar-refractivity contribution in [1.82, 2.24) is 19.4 Å². The van der Waals surface area contributed by atoms with E-state index in [0.29, 0.717) is 23.7 Å². The first-order chi connectivity index (χ1) is 17.7.